The van der Waals surface area contributed by atoms with Gasteiger partial charge in [0.05, 0.1) is 11.4 Å². The van der Waals surface area contributed by atoms with Crippen molar-refractivity contribution in [3.63, 3.8) is 0 Å². The van der Waals surface area contributed by atoms with Crippen molar-refractivity contribution in [2.45, 2.75) is 39.5 Å². The number of aromatic nitrogens is 3. The molecular formula is C11H19ClN4. The predicted molar refractivity (Wildman–Crippen MR) is 67.0 cm³/mol. The lowest BCUT2D eigenvalue weighted by Crippen LogP contribution is -2.10. The molecule has 1 heterocycles. The second kappa shape index (κ2) is 7.39. The molecule has 1 aromatic rings. The molecule has 0 saturated heterocycles. The summed E-state index contributed by atoms with van der Waals surface area (Å²) in [5, 5.41) is 11.4. The molecular weight excluding hydrogens is 224 g/mol. The molecule has 1 rings (SSSR count). The van der Waals surface area contributed by atoms with Crippen molar-refractivity contribution in [2.75, 3.05) is 17.7 Å². The number of hydrogen-bond donors (Lipinski definition) is 1. The van der Waals surface area contributed by atoms with Crippen molar-refractivity contribution in [3.8, 4) is 0 Å². The zero-order valence-corrected chi connectivity index (χ0v) is 10.7. The largest absolute Gasteiger partial charge is 0.353 e. The van der Waals surface area contributed by atoms with E-state index in [-0.39, 0.29) is 0 Å². The van der Waals surface area contributed by atoms with E-state index in [1.54, 1.807) is 0 Å². The number of rotatable bonds is 7. The molecule has 0 fully saturated rings. The van der Waals surface area contributed by atoms with Crippen molar-refractivity contribution in [1.82, 2.24) is 15.2 Å². The average molecular weight is 243 g/mol. The number of halogens is 1. The normalized spacial score (nSPS) is 10.4. The molecule has 90 valence electrons. The third-order valence-corrected chi connectivity index (χ3v) is 2.62. The molecule has 16 heavy (non-hydrogen) atoms. The van der Waals surface area contributed by atoms with Crippen LogP contribution in [0.5, 0.6) is 0 Å². The van der Waals surface area contributed by atoms with E-state index in [4.69, 9.17) is 11.6 Å². The predicted octanol–water partition coefficient (Wildman–Crippen LogP) is 2.43. The van der Waals surface area contributed by atoms with Gasteiger partial charge in [-0.05, 0) is 25.7 Å². The number of unbranched alkanes of at least 4 members (excludes halogenated alkanes) is 1. The highest BCUT2D eigenvalue weighted by Crippen LogP contribution is 2.06. The van der Waals surface area contributed by atoms with Crippen LogP contribution in [-0.2, 0) is 12.8 Å². The van der Waals surface area contributed by atoms with Crippen molar-refractivity contribution in [3.05, 3.63) is 11.4 Å². The Kier molecular flexibility index (Phi) is 6.08. The van der Waals surface area contributed by atoms with Gasteiger partial charge in [-0.3, -0.25) is 0 Å². The van der Waals surface area contributed by atoms with Crippen molar-refractivity contribution in [2.24, 2.45) is 0 Å². The first-order valence-electron chi connectivity index (χ1n) is 5.84. The van der Waals surface area contributed by atoms with Gasteiger partial charge in [0.25, 0.3) is 0 Å². The average Bonchev–Trinajstić information content (AvgIpc) is 2.34. The van der Waals surface area contributed by atoms with Crippen LogP contribution in [0.3, 0.4) is 0 Å². The zero-order chi connectivity index (χ0) is 11.8. The number of nitrogens with one attached hydrogen (secondary N) is 1. The summed E-state index contributed by atoms with van der Waals surface area (Å²) in [6.45, 7) is 5.00. The van der Waals surface area contributed by atoms with Crippen molar-refractivity contribution < 1.29 is 0 Å². The number of anilines is 1. The van der Waals surface area contributed by atoms with Crippen LogP contribution in [0.2, 0.25) is 0 Å². The summed E-state index contributed by atoms with van der Waals surface area (Å²) in [6, 6.07) is 0. The Balaban J connectivity index is 2.54. The zero-order valence-electron chi connectivity index (χ0n) is 9.96. The van der Waals surface area contributed by atoms with E-state index in [2.05, 4.69) is 34.3 Å². The van der Waals surface area contributed by atoms with E-state index in [0.717, 1.165) is 43.6 Å². The minimum atomic E-state index is 0.628. The molecule has 0 spiro atoms. The quantitative estimate of drug-likeness (QED) is 0.589. The molecule has 1 N–H and O–H groups in total. The number of aryl methyl sites for hydroxylation is 2. The molecule has 0 bridgehead atoms. The van der Waals surface area contributed by atoms with Gasteiger partial charge in [0.1, 0.15) is 0 Å². The maximum absolute atomic E-state index is 5.60. The van der Waals surface area contributed by atoms with Crippen LogP contribution in [0.1, 0.15) is 38.1 Å². The molecule has 1 aromatic heterocycles. The van der Waals surface area contributed by atoms with Gasteiger partial charge < -0.3 is 5.32 Å². The first kappa shape index (κ1) is 13.2. The number of alkyl halides is 1. The SMILES string of the molecule is CCc1nnc(NCCCCCl)nc1CC. The van der Waals surface area contributed by atoms with Gasteiger partial charge in [0.15, 0.2) is 0 Å². The monoisotopic (exact) mass is 242 g/mol. The van der Waals surface area contributed by atoms with Crippen LogP contribution in [0.15, 0.2) is 0 Å². The van der Waals surface area contributed by atoms with Gasteiger partial charge in [-0.25, -0.2) is 4.98 Å². The Labute approximate surface area is 102 Å². The smallest absolute Gasteiger partial charge is 0.242 e. The van der Waals surface area contributed by atoms with E-state index >= 15 is 0 Å². The van der Waals surface area contributed by atoms with Crippen LogP contribution < -0.4 is 5.32 Å². The third kappa shape index (κ3) is 3.93. The van der Waals surface area contributed by atoms with Gasteiger partial charge in [0.2, 0.25) is 5.95 Å². The molecule has 0 aliphatic rings. The Morgan fingerprint density at radius 2 is 1.81 bits per heavy atom. The third-order valence-electron chi connectivity index (χ3n) is 2.35. The molecule has 5 heteroatoms. The molecule has 0 aliphatic heterocycles. The fourth-order valence-electron chi connectivity index (χ4n) is 1.43. The van der Waals surface area contributed by atoms with Gasteiger partial charge in [-0.15, -0.1) is 16.7 Å². The Hall–Kier alpha value is -0.900. The maximum atomic E-state index is 5.60. The highest BCUT2D eigenvalue weighted by molar-refractivity contribution is 6.17. The van der Waals surface area contributed by atoms with Crippen LogP contribution in [0.4, 0.5) is 5.95 Å². The van der Waals surface area contributed by atoms with E-state index in [0.29, 0.717) is 11.8 Å². The summed E-state index contributed by atoms with van der Waals surface area (Å²) in [7, 11) is 0. The lowest BCUT2D eigenvalue weighted by molar-refractivity contribution is 0.794. The summed E-state index contributed by atoms with van der Waals surface area (Å²) >= 11 is 5.60. The summed E-state index contributed by atoms with van der Waals surface area (Å²) in [5.74, 6) is 1.33. The standard InChI is InChI=1S/C11H19ClN4/c1-3-9-10(4-2)15-16-11(14-9)13-8-6-5-7-12/h3-8H2,1-2H3,(H,13,14,16). The van der Waals surface area contributed by atoms with Crippen LogP contribution in [-0.4, -0.2) is 27.6 Å². The lowest BCUT2D eigenvalue weighted by atomic mass is 10.2. The minimum absolute atomic E-state index is 0.628. The number of nitrogens with zero attached hydrogens (tertiary/aromatic N) is 3. The summed E-state index contributed by atoms with van der Waals surface area (Å²) in [4.78, 5) is 4.44. The molecule has 0 aliphatic carbocycles. The van der Waals surface area contributed by atoms with Gasteiger partial charge in [-0.2, -0.15) is 5.10 Å². The molecule has 4 nitrogen and oxygen atoms in total. The van der Waals surface area contributed by atoms with E-state index in [1.165, 1.54) is 0 Å². The minimum Gasteiger partial charge on any atom is -0.353 e. The molecule has 0 unspecified atom stereocenters. The lowest BCUT2D eigenvalue weighted by Gasteiger charge is -2.07. The number of hydrogen-bond acceptors (Lipinski definition) is 4. The summed E-state index contributed by atoms with van der Waals surface area (Å²) in [5.41, 5.74) is 2.03. The Bertz CT molecular complexity index is 317. The van der Waals surface area contributed by atoms with Crippen molar-refractivity contribution >= 4 is 17.5 Å². The second-order valence-electron chi connectivity index (χ2n) is 3.56. The Morgan fingerprint density at radius 3 is 2.44 bits per heavy atom. The molecule has 0 aromatic carbocycles. The highest BCUT2D eigenvalue weighted by atomic mass is 35.5. The maximum Gasteiger partial charge on any atom is 0.242 e. The summed E-state index contributed by atoms with van der Waals surface area (Å²) < 4.78 is 0. The van der Waals surface area contributed by atoms with Gasteiger partial charge in [-0.1, -0.05) is 13.8 Å². The van der Waals surface area contributed by atoms with Gasteiger partial charge in [0, 0.05) is 12.4 Å². The fraction of sp³-hybridized carbons (Fsp3) is 0.727. The highest BCUT2D eigenvalue weighted by Gasteiger charge is 2.05. The van der Waals surface area contributed by atoms with E-state index in [9.17, 15) is 0 Å². The molecule has 0 saturated carbocycles. The van der Waals surface area contributed by atoms with E-state index in [1.807, 2.05) is 0 Å². The topological polar surface area (TPSA) is 50.7 Å². The molecule has 0 amide bonds. The van der Waals surface area contributed by atoms with Crippen LogP contribution in [0, 0.1) is 0 Å². The molecule has 0 atom stereocenters. The van der Waals surface area contributed by atoms with Gasteiger partial charge >= 0.3 is 0 Å². The molecule has 0 radical (unpaired) electrons. The van der Waals surface area contributed by atoms with Crippen LogP contribution in [0.25, 0.3) is 0 Å². The van der Waals surface area contributed by atoms with Crippen molar-refractivity contribution in [1.29, 1.82) is 0 Å². The first-order chi connectivity index (χ1) is 7.81. The fourth-order valence-corrected chi connectivity index (χ4v) is 1.62. The summed E-state index contributed by atoms with van der Waals surface area (Å²) in [6.07, 6.45) is 3.82. The second-order valence-corrected chi connectivity index (χ2v) is 3.94. The van der Waals surface area contributed by atoms with Crippen LogP contribution >= 0.6 is 11.6 Å². The van der Waals surface area contributed by atoms with E-state index < -0.39 is 0 Å². The Morgan fingerprint density at radius 1 is 1.06 bits per heavy atom. The first-order valence-corrected chi connectivity index (χ1v) is 6.37.